The number of pyridine rings is 1. The molecule has 0 aliphatic carbocycles. The van der Waals surface area contributed by atoms with Gasteiger partial charge in [-0.05, 0) is 66.0 Å². The molecule has 21 heavy (non-hydrogen) atoms. The van der Waals surface area contributed by atoms with E-state index < -0.39 is 0 Å². The minimum Gasteiger partial charge on any atom is -0.494 e. The first-order valence-corrected chi connectivity index (χ1v) is 7.98. The first-order chi connectivity index (χ1) is 10.1. The second-order valence-electron chi connectivity index (χ2n) is 4.85. The molecule has 2 aromatic rings. The van der Waals surface area contributed by atoms with E-state index in [1.807, 2.05) is 31.3 Å². The highest BCUT2D eigenvalue weighted by Crippen LogP contribution is 2.15. The van der Waals surface area contributed by atoms with Crippen LogP contribution in [0.3, 0.4) is 0 Å². The molecule has 0 amide bonds. The maximum absolute atomic E-state index is 11.9. The fraction of sp³-hybridized carbons (Fsp3) is 0.312. The van der Waals surface area contributed by atoms with E-state index in [0.717, 1.165) is 28.6 Å². The quantitative estimate of drug-likeness (QED) is 0.704. The molecule has 3 nitrogen and oxygen atoms in total. The Bertz CT molecular complexity index is 652. The summed E-state index contributed by atoms with van der Waals surface area (Å²) in [5.74, 6) is 0.815. The SMILES string of the molecule is Cc1cc(Br)cn(CCCCOc2ccc(Cl)cc2)c1=O. The normalized spacial score (nSPS) is 10.6. The van der Waals surface area contributed by atoms with Gasteiger partial charge >= 0.3 is 0 Å². The standard InChI is InChI=1S/C16H17BrClNO2/c1-12-10-13(17)11-19(16(12)20)8-2-3-9-21-15-6-4-14(18)5-7-15/h4-7,10-11H,2-3,8-9H2,1H3. The Balaban J connectivity index is 1.77. The average Bonchev–Trinajstić information content (AvgIpc) is 2.45. The molecule has 1 aromatic heterocycles. The summed E-state index contributed by atoms with van der Waals surface area (Å²) in [5, 5.41) is 0.701. The number of unbranched alkanes of at least 4 members (excludes halogenated alkanes) is 1. The van der Waals surface area contributed by atoms with Crippen LogP contribution in [0, 0.1) is 6.92 Å². The molecule has 112 valence electrons. The molecule has 0 spiro atoms. The Labute approximate surface area is 137 Å². The molecule has 0 saturated heterocycles. The molecule has 5 heteroatoms. The topological polar surface area (TPSA) is 31.2 Å². The number of aryl methyl sites for hydroxylation is 2. The molecule has 0 unspecified atom stereocenters. The zero-order chi connectivity index (χ0) is 15.2. The molecule has 0 N–H and O–H groups in total. The summed E-state index contributed by atoms with van der Waals surface area (Å²) in [7, 11) is 0. The molecule has 0 aliphatic heterocycles. The number of halogens is 2. The Morgan fingerprint density at radius 3 is 2.67 bits per heavy atom. The highest BCUT2D eigenvalue weighted by molar-refractivity contribution is 9.10. The van der Waals surface area contributed by atoms with Crippen LogP contribution in [-0.4, -0.2) is 11.2 Å². The van der Waals surface area contributed by atoms with Crippen molar-refractivity contribution in [2.45, 2.75) is 26.3 Å². The van der Waals surface area contributed by atoms with Gasteiger partial charge in [0, 0.05) is 27.8 Å². The third kappa shape index (κ3) is 4.90. The molecular weight excluding hydrogens is 354 g/mol. The number of nitrogens with zero attached hydrogens (tertiary/aromatic N) is 1. The van der Waals surface area contributed by atoms with Gasteiger partial charge in [-0.25, -0.2) is 0 Å². The van der Waals surface area contributed by atoms with Crippen molar-refractivity contribution in [2.75, 3.05) is 6.61 Å². The molecule has 2 rings (SSSR count). The lowest BCUT2D eigenvalue weighted by Crippen LogP contribution is -2.21. The summed E-state index contributed by atoms with van der Waals surface area (Å²) in [4.78, 5) is 11.9. The van der Waals surface area contributed by atoms with Crippen LogP contribution in [0.4, 0.5) is 0 Å². The van der Waals surface area contributed by atoms with Gasteiger partial charge in [-0.2, -0.15) is 0 Å². The molecular formula is C16H17BrClNO2. The summed E-state index contributed by atoms with van der Waals surface area (Å²) >= 11 is 9.22. The first-order valence-electron chi connectivity index (χ1n) is 6.81. The minimum atomic E-state index is 0.0665. The van der Waals surface area contributed by atoms with E-state index in [1.165, 1.54) is 0 Å². The summed E-state index contributed by atoms with van der Waals surface area (Å²) in [6.07, 6.45) is 3.61. The zero-order valence-corrected chi connectivity index (χ0v) is 14.2. The van der Waals surface area contributed by atoms with Crippen LogP contribution in [0.15, 0.2) is 45.8 Å². The highest BCUT2D eigenvalue weighted by atomic mass is 79.9. The van der Waals surface area contributed by atoms with Crippen LogP contribution in [0.1, 0.15) is 18.4 Å². The van der Waals surface area contributed by atoms with Crippen molar-refractivity contribution in [1.29, 1.82) is 0 Å². The molecule has 0 radical (unpaired) electrons. The second kappa shape index (κ2) is 7.66. The Hall–Kier alpha value is -1.26. The van der Waals surface area contributed by atoms with E-state index in [2.05, 4.69) is 15.9 Å². The van der Waals surface area contributed by atoms with Gasteiger partial charge in [0.1, 0.15) is 5.75 Å². The monoisotopic (exact) mass is 369 g/mol. The Kier molecular flexibility index (Phi) is 5.88. The lowest BCUT2D eigenvalue weighted by molar-refractivity contribution is 0.303. The number of benzene rings is 1. The summed E-state index contributed by atoms with van der Waals surface area (Å²) in [6, 6.07) is 9.15. The first kappa shape index (κ1) is 16.1. The fourth-order valence-corrected chi connectivity index (χ4v) is 2.73. The van der Waals surface area contributed by atoms with Crippen molar-refractivity contribution in [3.63, 3.8) is 0 Å². The molecule has 1 aromatic carbocycles. The van der Waals surface area contributed by atoms with E-state index in [9.17, 15) is 4.79 Å². The van der Waals surface area contributed by atoms with Gasteiger partial charge in [0.25, 0.3) is 5.56 Å². The highest BCUT2D eigenvalue weighted by Gasteiger charge is 2.02. The van der Waals surface area contributed by atoms with Gasteiger partial charge in [0.15, 0.2) is 0 Å². The molecule has 1 heterocycles. The molecule has 0 aliphatic rings. The van der Waals surface area contributed by atoms with E-state index in [4.69, 9.17) is 16.3 Å². The minimum absolute atomic E-state index is 0.0665. The van der Waals surface area contributed by atoms with Crippen LogP contribution >= 0.6 is 27.5 Å². The van der Waals surface area contributed by atoms with E-state index >= 15 is 0 Å². The van der Waals surface area contributed by atoms with Crippen LogP contribution in [0.5, 0.6) is 5.75 Å². The number of hydrogen-bond acceptors (Lipinski definition) is 2. The van der Waals surface area contributed by atoms with Gasteiger partial charge in [0.05, 0.1) is 6.61 Å². The van der Waals surface area contributed by atoms with Crippen molar-refractivity contribution >= 4 is 27.5 Å². The largest absolute Gasteiger partial charge is 0.494 e. The third-order valence-electron chi connectivity index (χ3n) is 3.11. The van der Waals surface area contributed by atoms with Gasteiger partial charge in [-0.3, -0.25) is 4.79 Å². The van der Waals surface area contributed by atoms with E-state index in [0.29, 0.717) is 18.2 Å². The lowest BCUT2D eigenvalue weighted by atomic mass is 10.3. The maximum atomic E-state index is 11.9. The number of aromatic nitrogens is 1. The lowest BCUT2D eigenvalue weighted by Gasteiger charge is -2.09. The molecule has 0 atom stereocenters. The third-order valence-corrected chi connectivity index (χ3v) is 3.79. The predicted molar refractivity (Wildman–Crippen MR) is 89.3 cm³/mol. The van der Waals surface area contributed by atoms with Crippen molar-refractivity contribution in [2.24, 2.45) is 0 Å². The smallest absolute Gasteiger partial charge is 0.253 e. The van der Waals surface area contributed by atoms with Crippen molar-refractivity contribution < 1.29 is 4.74 Å². The van der Waals surface area contributed by atoms with E-state index in [-0.39, 0.29) is 5.56 Å². The number of ether oxygens (including phenoxy) is 1. The van der Waals surface area contributed by atoms with Crippen LogP contribution in [0.25, 0.3) is 0 Å². The van der Waals surface area contributed by atoms with Gasteiger partial charge in [-0.15, -0.1) is 0 Å². The summed E-state index contributed by atoms with van der Waals surface area (Å²) in [6.45, 7) is 3.15. The van der Waals surface area contributed by atoms with Crippen LogP contribution in [-0.2, 0) is 6.54 Å². The summed E-state index contributed by atoms with van der Waals surface area (Å²) < 4.78 is 8.29. The predicted octanol–water partition coefficient (Wildman–Crippen LogP) is 4.43. The second-order valence-corrected chi connectivity index (χ2v) is 6.20. The maximum Gasteiger partial charge on any atom is 0.253 e. The van der Waals surface area contributed by atoms with Crippen LogP contribution < -0.4 is 10.3 Å². The summed E-state index contributed by atoms with van der Waals surface area (Å²) in [5.41, 5.74) is 0.818. The van der Waals surface area contributed by atoms with Crippen LogP contribution in [0.2, 0.25) is 5.02 Å². The zero-order valence-electron chi connectivity index (χ0n) is 11.8. The van der Waals surface area contributed by atoms with Gasteiger partial charge in [-0.1, -0.05) is 11.6 Å². The number of rotatable bonds is 6. The molecule has 0 bridgehead atoms. The van der Waals surface area contributed by atoms with Gasteiger partial charge < -0.3 is 9.30 Å². The Morgan fingerprint density at radius 1 is 1.24 bits per heavy atom. The van der Waals surface area contributed by atoms with Gasteiger partial charge in [0.2, 0.25) is 0 Å². The van der Waals surface area contributed by atoms with E-state index in [1.54, 1.807) is 16.7 Å². The number of hydrogen-bond donors (Lipinski definition) is 0. The fourth-order valence-electron chi connectivity index (χ4n) is 2.01. The average molecular weight is 371 g/mol. The molecule has 0 fully saturated rings. The van der Waals surface area contributed by atoms with Crippen molar-refractivity contribution in [1.82, 2.24) is 4.57 Å². The van der Waals surface area contributed by atoms with Crippen molar-refractivity contribution in [3.05, 3.63) is 61.9 Å². The molecule has 0 saturated carbocycles. The Morgan fingerprint density at radius 2 is 1.95 bits per heavy atom. The van der Waals surface area contributed by atoms with Crippen molar-refractivity contribution in [3.8, 4) is 5.75 Å².